The Kier molecular flexibility index (Phi) is 7.85. The molecule has 1 N–H and O–H groups in total. The van der Waals surface area contributed by atoms with E-state index in [4.69, 9.17) is 21.1 Å². The van der Waals surface area contributed by atoms with Gasteiger partial charge in [-0.25, -0.2) is 4.39 Å². The summed E-state index contributed by atoms with van der Waals surface area (Å²) in [4.78, 5) is 12.5. The lowest BCUT2D eigenvalue weighted by Gasteiger charge is -2.13. The van der Waals surface area contributed by atoms with Crippen molar-refractivity contribution in [3.05, 3.63) is 94.3 Å². The SMILES string of the molecule is CCOc1cc(/C=C(\C#N)C(=O)Nc2ccccc2Cl)ccc1OCc1cccc(F)c1. The number of carbonyl (C=O) groups is 1. The molecule has 3 aromatic carbocycles. The molecule has 1 amide bonds. The topological polar surface area (TPSA) is 71.3 Å². The molecule has 0 atom stereocenters. The first-order valence-corrected chi connectivity index (χ1v) is 10.2. The quantitative estimate of drug-likeness (QED) is 0.337. The number of benzene rings is 3. The van der Waals surface area contributed by atoms with Gasteiger partial charge in [-0.15, -0.1) is 0 Å². The fourth-order valence-electron chi connectivity index (χ4n) is 2.86. The first-order valence-electron chi connectivity index (χ1n) is 9.82. The smallest absolute Gasteiger partial charge is 0.266 e. The van der Waals surface area contributed by atoms with Gasteiger partial charge < -0.3 is 14.8 Å². The highest BCUT2D eigenvalue weighted by Gasteiger charge is 2.13. The van der Waals surface area contributed by atoms with E-state index in [2.05, 4.69) is 5.32 Å². The molecule has 3 rings (SSSR count). The summed E-state index contributed by atoms with van der Waals surface area (Å²) in [5, 5.41) is 12.5. The molecule has 7 heteroatoms. The van der Waals surface area contributed by atoms with Gasteiger partial charge in [0.15, 0.2) is 11.5 Å². The molecular formula is C25H20ClFN2O3. The second-order valence-electron chi connectivity index (χ2n) is 6.66. The lowest BCUT2D eigenvalue weighted by atomic mass is 10.1. The fourth-order valence-corrected chi connectivity index (χ4v) is 3.04. The number of hydrogen-bond donors (Lipinski definition) is 1. The van der Waals surface area contributed by atoms with Crippen LogP contribution in [0.1, 0.15) is 18.1 Å². The number of para-hydroxylation sites is 1. The summed E-state index contributed by atoms with van der Waals surface area (Å²) in [6.45, 7) is 2.38. The molecule has 0 radical (unpaired) electrons. The number of carbonyl (C=O) groups excluding carboxylic acids is 1. The van der Waals surface area contributed by atoms with Crippen LogP contribution in [0, 0.1) is 17.1 Å². The van der Waals surface area contributed by atoms with Crippen molar-refractivity contribution in [1.29, 1.82) is 5.26 Å². The second-order valence-corrected chi connectivity index (χ2v) is 7.07. The van der Waals surface area contributed by atoms with Crippen LogP contribution in [0.2, 0.25) is 5.02 Å². The summed E-state index contributed by atoms with van der Waals surface area (Å²) in [5.41, 5.74) is 1.58. The molecule has 0 fully saturated rings. The van der Waals surface area contributed by atoms with Crippen LogP contribution in [0.25, 0.3) is 6.08 Å². The van der Waals surface area contributed by atoms with Crippen molar-refractivity contribution in [3.8, 4) is 17.6 Å². The van der Waals surface area contributed by atoms with Gasteiger partial charge in [0.1, 0.15) is 24.1 Å². The van der Waals surface area contributed by atoms with Gasteiger partial charge >= 0.3 is 0 Å². The summed E-state index contributed by atoms with van der Waals surface area (Å²) in [7, 11) is 0. The highest BCUT2D eigenvalue weighted by atomic mass is 35.5. The molecule has 0 spiro atoms. The van der Waals surface area contributed by atoms with Gasteiger partial charge in [-0.1, -0.05) is 41.9 Å². The highest BCUT2D eigenvalue weighted by molar-refractivity contribution is 6.34. The van der Waals surface area contributed by atoms with E-state index >= 15 is 0 Å². The van der Waals surface area contributed by atoms with Crippen LogP contribution in [0.3, 0.4) is 0 Å². The van der Waals surface area contributed by atoms with Gasteiger partial charge in [0.05, 0.1) is 17.3 Å². The van der Waals surface area contributed by atoms with Crippen molar-refractivity contribution >= 4 is 29.3 Å². The molecule has 0 aliphatic heterocycles. The summed E-state index contributed by atoms with van der Waals surface area (Å²) in [5.74, 6) is -0.00514. The van der Waals surface area contributed by atoms with Crippen LogP contribution in [0.15, 0.2) is 72.3 Å². The van der Waals surface area contributed by atoms with E-state index in [1.807, 2.05) is 13.0 Å². The van der Waals surface area contributed by atoms with Crippen LogP contribution in [0.4, 0.5) is 10.1 Å². The Bertz CT molecular complexity index is 1190. The number of nitrogens with one attached hydrogen (secondary N) is 1. The van der Waals surface area contributed by atoms with Crippen LogP contribution in [0.5, 0.6) is 11.5 Å². The van der Waals surface area contributed by atoms with Crippen LogP contribution in [-0.4, -0.2) is 12.5 Å². The maximum absolute atomic E-state index is 13.4. The Balaban J connectivity index is 1.79. The van der Waals surface area contributed by atoms with E-state index in [1.54, 1.807) is 54.6 Å². The first-order chi connectivity index (χ1) is 15.5. The Morgan fingerprint density at radius 2 is 1.91 bits per heavy atom. The summed E-state index contributed by atoms with van der Waals surface area (Å²) < 4.78 is 24.8. The molecule has 0 bridgehead atoms. The molecule has 32 heavy (non-hydrogen) atoms. The van der Waals surface area contributed by atoms with E-state index in [-0.39, 0.29) is 18.0 Å². The summed E-state index contributed by atoms with van der Waals surface area (Å²) in [6, 6.07) is 19.9. The van der Waals surface area contributed by atoms with Crippen molar-refractivity contribution < 1.29 is 18.7 Å². The van der Waals surface area contributed by atoms with E-state index in [0.717, 1.165) is 0 Å². The third-order valence-electron chi connectivity index (χ3n) is 4.35. The number of amides is 1. The molecule has 0 aliphatic rings. The molecule has 0 saturated carbocycles. The zero-order chi connectivity index (χ0) is 22.9. The van der Waals surface area contributed by atoms with Crippen molar-refractivity contribution in [2.45, 2.75) is 13.5 Å². The normalized spacial score (nSPS) is 10.9. The van der Waals surface area contributed by atoms with Crippen molar-refractivity contribution in [2.24, 2.45) is 0 Å². The fraction of sp³-hybridized carbons (Fsp3) is 0.120. The van der Waals surface area contributed by atoms with E-state index in [1.165, 1.54) is 18.2 Å². The molecule has 0 saturated heterocycles. The molecule has 3 aromatic rings. The number of anilines is 1. The van der Waals surface area contributed by atoms with Gasteiger partial charge in [-0.2, -0.15) is 5.26 Å². The largest absolute Gasteiger partial charge is 0.490 e. The van der Waals surface area contributed by atoms with Gasteiger partial charge in [0.2, 0.25) is 0 Å². The number of nitrogens with zero attached hydrogens (tertiary/aromatic N) is 1. The minimum Gasteiger partial charge on any atom is -0.490 e. The predicted octanol–water partition coefficient (Wildman–Crippen LogP) is 6.00. The van der Waals surface area contributed by atoms with Gasteiger partial charge in [0, 0.05) is 0 Å². The lowest BCUT2D eigenvalue weighted by Crippen LogP contribution is -2.13. The highest BCUT2D eigenvalue weighted by Crippen LogP contribution is 2.30. The lowest BCUT2D eigenvalue weighted by molar-refractivity contribution is -0.112. The number of halogens is 2. The Morgan fingerprint density at radius 3 is 2.62 bits per heavy atom. The average molecular weight is 451 g/mol. The number of nitriles is 1. The van der Waals surface area contributed by atoms with E-state index in [0.29, 0.717) is 39.9 Å². The van der Waals surface area contributed by atoms with Gasteiger partial charge in [0.25, 0.3) is 5.91 Å². The Hall–Kier alpha value is -3.82. The molecule has 0 aromatic heterocycles. The Morgan fingerprint density at radius 1 is 1.09 bits per heavy atom. The molecule has 162 valence electrons. The standard InChI is InChI=1S/C25H20ClFN2O3/c1-2-31-24-14-17(10-11-23(24)32-16-18-6-5-7-20(27)13-18)12-19(15-28)25(30)29-22-9-4-3-8-21(22)26/h3-14H,2,16H2,1H3,(H,29,30)/b19-12+. The number of hydrogen-bond acceptors (Lipinski definition) is 4. The average Bonchev–Trinajstić information content (AvgIpc) is 2.78. The molecule has 0 heterocycles. The number of rotatable bonds is 8. The Labute approximate surface area is 190 Å². The summed E-state index contributed by atoms with van der Waals surface area (Å²) in [6.07, 6.45) is 1.45. The van der Waals surface area contributed by atoms with Crippen LogP contribution < -0.4 is 14.8 Å². The van der Waals surface area contributed by atoms with E-state index < -0.39 is 5.91 Å². The zero-order valence-electron chi connectivity index (χ0n) is 17.3. The van der Waals surface area contributed by atoms with Crippen molar-refractivity contribution in [3.63, 3.8) is 0 Å². The minimum absolute atomic E-state index is 0.0965. The minimum atomic E-state index is -0.579. The summed E-state index contributed by atoms with van der Waals surface area (Å²) >= 11 is 6.06. The predicted molar refractivity (Wildman–Crippen MR) is 122 cm³/mol. The number of ether oxygens (including phenoxy) is 2. The first kappa shape index (κ1) is 22.9. The third kappa shape index (κ3) is 6.10. The van der Waals surface area contributed by atoms with Crippen molar-refractivity contribution in [2.75, 3.05) is 11.9 Å². The van der Waals surface area contributed by atoms with E-state index in [9.17, 15) is 14.4 Å². The van der Waals surface area contributed by atoms with Crippen molar-refractivity contribution in [1.82, 2.24) is 0 Å². The molecule has 0 unspecified atom stereocenters. The molecular weight excluding hydrogens is 431 g/mol. The van der Waals surface area contributed by atoms with Crippen LogP contribution >= 0.6 is 11.6 Å². The monoisotopic (exact) mass is 450 g/mol. The van der Waals surface area contributed by atoms with Gasteiger partial charge in [-0.3, -0.25) is 4.79 Å². The third-order valence-corrected chi connectivity index (χ3v) is 4.68. The van der Waals surface area contributed by atoms with Gasteiger partial charge in [-0.05, 0) is 60.5 Å². The molecule has 0 aliphatic carbocycles. The second kappa shape index (κ2) is 11.0. The maximum Gasteiger partial charge on any atom is 0.266 e. The zero-order valence-corrected chi connectivity index (χ0v) is 18.0. The maximum atomic E-state index is 13.4. The molecule has 5 nitrogen and oxygen atoms in total. The van der Waals surface area contributed by atoms with Crippen LogP contribution in [-0.2, 0) is 11.4 Å².